The van der Waals surface area contributed by atoms with Crippen LogP contribution in [0.25, 0.3) is 0 Å². The van der Waals surface area contributed by atoms with Crippen LogP contribution in [-0.4, -0.2) is 48.8 Å². The van der Waals surface area contributed by atoms with E-state index in [0.29, 0.717) is 42.9 Å². The van der Waals surface area contributed by atoms with E-state index in [0.717, 1.165) is 12.8 Å². The van der Waals surface area contributed by atoms with Crippen molar-refractivity contribution in [2.75, 3.05) is 25.1 Å². The van der Waals surface area contributed by atoms with Crippen LogP contribution in [0.1, 0.15) is 42.5 Å². The number of nitrogens with zero attached hydrogens (tertiary/aromatic N) is 1. The third kappa shape index (κ3) is 3.58. The summed E-state index contributed by atoms with van der Waals surface area (Å²) in [5, 5.41) is 14.8. The zero-order valence-electron chi connectivity index (χ0n) is 14.7. The fourth-order valence-electron chi connectivity index (χ4n) is 3.74. The second-order valence-corrected chi connectivity index (χ2v) is 6.78. The minimum Gasteiger partial charge on any atom is -0.495 e. The number of hydrogen-bond donors (Lipinski definition) is 3. The molecule has 3 rings (SSSR count). The number of benzene rings is 1. The van der Waals surface area contributed by atoms with Crippen LogP contribution in [0.15, 0.2) is 18.2 Å². The number of aliphatic carboxylic acids is 1. The lowest BCUT2D eigenvalue weighted by Gasteiger charge is -2.29. The summed E-state index contributed by atoms with van der Waals surface area (Å²) in [7, 11) is 1.51. The molecule has 1 aliphatic carbocycles. The number of amides is 3. The molecule has 0 spiro atoms. The van der Waals surface area contributed by atoms with E-state index in [1.54, 1.807) is 18.2 Å². The molecule has 1 aromatic carbocycles. The predicted octanol–water partition coefficient (Wildman–Crippen LogP) is 1.74. The Kier molecular flexibility index (Phi) is 5.01. The highest BCUT2D eigenvalue weighted by molar-refractivity contribution is 6.00. The van der Waals surface area contributed by atoms with Crippen LogP contribution in [0.3, 0.4) is 0 Å². The third-order valence-corrected chi connectivity index (χ3v) is 5.02. The highest BCUT2D eigenvalue weighted by Crippen LogP contribution is 2.34. The first-order chi connectivity index (χ1) is 12.4. The van der Waals surface area contributed by atoms with Crippen LogP contribution in [0.5, 0.6) is 5.75 Å². The van der Waals surface area contributed by atoms with Gasteiger partial charge in [-0.3, -0.25) is 14.5 Å². The molecule has 2 aliphatic rings. The number of urea groups is 1. The summed E-state index contributed by atoms with van der Waals surface area (Å²) in [5.74, 6) is -0.757. The van der Waals surface area contributed by atoms with Gasteiger partial charge in [0.15, 0.2) is 0 Å². The molecule has 8 nitrogen and oxygen atoms in total. The average molecular weight is 361 g/mol. The van der Waals surface area contributed by atoms with Gasteiger partial charge in [-0.15, -0.1) is 0 Å². The second kappa shape index (κ2) is 7.23. The van der Waals surface area contributed by atoms with Crippen LogP contribution in [0.2, 0.25) is 0 Å². The van der Waals surface area contributed by atoms with Crippen LogP contribution >= 0.6 is 0 Å². The van der Waals surface area contributed by atoms with Gasteiger partial charge in [0.25, 0.3) is 5.91 Å². The van der Waals surface area contributed by atoms with Gasteiger partial charge in [0.1, 0.15) is 5.75 Å². The Morgan fingerprint density at radius 1 is 1.35 bits per heavy atom. The summed E-state index contributed by atoms with van der Waals surface area (Å²) >= 11 is 0. The van der Waals surface area contributed by atoms with Crippen molar-refractivity contribution in [1.82, 2.24) is 10.6 Å². The molecule has 0 bridgehead atoms. The molecule has 1 saturated carbocycles. The molecule has 3 amide bonds. The van der Waals surface area contributed by atoms with Gasteiger partial charge in [-0.1, -0.05) is 12.8 Å². The van der Waals surface area contributed by atoms with Gasteiger partial charge in [0, 0.05) is 18.7 Å². The van der Waals surface area contributed by atoms with E-state index < -0.39 is 11.5 Å². The summed E-state index contributed by atoms with van der Waals surface area (Å²) in [5.41, 5.74) is 0.194. The minimum atomic E-state index is -0.920. The van der Waals surface area contributed by atoms with Crippen molar-refractivity contribution in [3.63, 3.8) is 0 Å². The Labute approximate surface area is 151 Å². The van der Waals surface area contributed by atoms with Crippen molar-refractivity contribution >= 4 is 23.6 Å². The van der Waals surface area contributed by atoms with E-state index in [1.165, 1.54) is 12.0 Å². The molecule has 0 unspecified atom stereocenters. The first kappa shape index (κ1) is 18.0. The average Bonchev–Trinajstić information content (AvgIpc) is 3.22. The fraction of sp³-hybridized carbons (Fsp3) is 0.500. The molecule has 1 aliphatic heterocycles. The van der Waals surface area contributed by atoms with E-state index in [9.17, 15) is 19.5 Å². The molecule has 0 aromatic heterocycles. The van der Waals surface area contributed by atoms with Crippen molar-refractivity contribution in [3.05, 3.63) is 23.8 Å². The third-order valence-electron chi connectivity index (χ3n) is 5.02. The maximum atomic E-state index is 12.8. The van der Waals surface area contributed by atoms with Gasteiger partial charge in [-0.05, 0) is 31.0 Å². The van der Waals surface area contributed by atoms with Crippen LogP contribution in [0, 0.1) is 0 Å². The zero-order valence-corrected chi connectivity index (χ0v) is 14.7. The summed E-state index contributed by atoms with van der Waals surface area (Å²) in [6.07, 6.45) is 3.02. The van der Waals surface area contributed by atoms with E-state index >= 15 is 0 Å². The molecule has 2 fully saturated rings. The lowest BCUT2D eigenvalue weighted by atomic mass is 9.92. The number of rotatable bonds is 6. The number of methoxy groups -OCH3 is 1. The van der Waals surface area contributed by atoms with Gasteiger partial charge in [-0.2, -0.15) is 0 Å². The Balaban J connectivity index is 1.85. The van der Waals surface area contributed by atoms with Crippen molar-refractivity contribution in [2.45, 2.75) is 37.6 Å². The number of carbonyl (C=O) groups excluding carboxylic acids is 2. The molecule has 1 saturated heterocycles. The summed E-state index contributed by atoms with van der Waals surface area (Å²) in [6.45, 7) is 1.02. The molecule has 3 N–H and O–H groups in total. The number of carboxylic acid groups (broad SMARTS) is 1. The minimum absolute atomic E-state index is 0.0870. The number of carbonyl (C=O) groups is 3. The Morgan fingerprint density at radius 3 is 2.65 bits per heavy atom. The Morgan fingerprint density at radius 2 is 2.08 bits per heavy atom. The molecule has 140 valence electrons. The van der Waals surface area contributed by atoms with E-state index in [1.807, 2.05) is 0 Å². The maximum Gasteiger partial charge on any atom is 0.322 e. The molecule has 0 atom stereocenters. The number of ether oxygens (including phenoxy) is 1. The fourth-order valence-corrected chi connectivity index (χ4v) is 3.74. The van der Waals surface area contributed by atoms with Crippen LogP contribution < -0.4 is 20.3 Å². The van der Waals surface area contributed by atoms with Crippen molar-refractivity contribution in [3.8, 4) is 5.75 Å². The van der Waals surface area contributed by atoms with Crippen molar-refractivity contribution in [2.24, 2.45) is 0 Å². The quantitative estimate of drug-likeness (QED) is 0.715. The molecular formula is C18H23N3O5. The molecule has 8 heteroatoms. The lowest BCUT2D eigenvalue weighted by Crippen LogP contribution is -2.47. The number of hydrogen-bond acceptors (Lipinski definition) is 4. The molecule has 0 radical (unpaired) electrons. The first-order valence-corrected chi connectivity index (χ1v) is 8.72. The highest BCUT2D eigenvalue weighted by atomic mass is 16.5. The van der Waals surface area contributed by atoms with Gasteiger partial charge < -0.3 is 20.5 Å². The smallest absolute Gasteiger partial charge is 0.322 e. The van der Waals surface area contributed by atoms with E-state index in [4.69, 9.17) is 4.74 Å². The van der Waals surface area contributed by atoms with Gasteiger partial charge >= 0.3 is 12.0 Å². The standard InChI is InChI=1S/C18H23N3O5/c1-26-14-5-4-12(10-13(14)21-9-8-19-17(21)25)16(24)20-18(11-15(22)23)6-2-3-7-18/h4-5,10H,2-3,6-9,11H2,1H3,(H,19,25)(H,20,24)(H,22,23). The Bertz CT molecular complexity index is 728. The van der Waals surface area contributed by atoms with E-state index in [2.05, 4.69) is 10.6 Å². The largest absolute Gasteiger partial charge is 0.495 e. The topological polar surface area (TPSA) is 108 Å². The molecule has 26 heavy (non-hydrogen) atoms. The first-order valence-electron chi connectivity index (χ1n) is 8.72. The monoisotopic (exact) mass is 361 g/mol. The second-order valence-electron chi connectivity index (χ2n) is 6.78. The number of nitrogens with one attached hydrogen (secondary N) is 2. The van der Waals surface area contributed by atoms with E-state index in [-0.39, 0.29) is 18.4 Å². The maximum absolute atomic E-state index is 12.8. The number of anilines is 1. The highest BCUT2D eigenvalue weighted by Gasteiger charge is 2.37. The zero-order chi connectivity index (χ0) is 18.7. The summed E-state index contributed by atoms with van der Waals surface area (Å²) in [4.78, 5) is 37.5. The summed E-state index contributed by atoms with van der Waals surface area (Å²) < 4.78 is 5.32. The van der Waals surface area contributed by atoms with Gasteiger partial charge in [0.05, 0.1) is 24.8 Å². The van der Waals surface area contributed by atoms with Gasteiger partial charge in [-0.25, -0.2) is 4.79 Å². The summed E-state index contributed by atoms with van der Waals surface area (Å²) in [6, 6.07) is 4.64. The van der Waals surface area contributed by atoms with Crippen LogP contribution in [-0.2, 0) is 4.79 Å². The molecule has 1 aromatic rings. The van der Waals surface area contributed by atoms with Crippen molar-refractivity contribution < 1.29 is 24.2 Å². The van der Waals surface area contributed by atoms with Gasteiger partial charge in [0.2, 0.25) is 0 Å². The number of carboxylic acids is 1. The predicted molar refractivity (Wildman–Crippen MR) is 94.7 cm³/mol. The Hall–Kier alpha value is -2.77. The molecular weight excluding hydrogens is 338 g/mol. The van der Waals surface area contributed by atoms with Crippen LogP contribution in [0.4, 0.5) is 10.5 Å². The van der Waals surface area contributed by atoms with Crippen molar-refractivity contribution in [1.29, 1.82) is 0 Å². The normalized spacial score (nSPS) is 18.5. The lowest BCUT2D eigenvalue weighted by molar-refractivity contribution is -0.138. The SMILES string of the molecule is COc1ccc(C(=O)NC2(CC(=O)O)CCCC2)cc1N1CCNC1=O. The molecule has 1 heterocycles.